The Bertz CT molecular complexity index is 1200. The van der Waals surface area contributed by atoms with E-state index in [-0.39, 0.29) is 17.1 Å². The van der Waals surface area contributed by atoms with Gasteiger partial charge < -0.3 is 23.9 Å². The maximum Gasteiger partial charge on any atom is 0.336 e. The van der Waals surface area contributed by atoms with Crippen molar-refractivity contribution >= 4 is 28.3 Å². The Labute approximate surface area is 189 Å². The van der Waals surface area contributed by atoms with E-state index in [1.165, 1.54) is 24.3 Å². The number of amides is 1. The van der Waals surface area contributed by atoms with Gasteiger partial charge in [-0.1, -0.05) is 13.8 Å². The molecule has 0 radical (unpaired) electrons. The number of nitrogens with zero attached hydrogens (tertiary/aromatic N) is 1. The summed E-state index contributed by atoms with van der Waals surface area (Å²) in [7, 11) is 0. The lowest BCUT2D eigenvalue weighted by Gasteiger charge is -2.15. The minimum Gasteiger partial charge on any atom is -0.490 e. The highest BCUT2D eigenvalue weighted by atomic mass is 16.6. The molecule has 0 aliphatic carbocycles. The van der Waals surface area contributed by atoms with E-state index in [9.17, 15) is 19.7 Å². The van der Waals surface area contributed by atoms with Crippen molar-refractivity contribution in [2.24, 2.45) is 0 Å². The summed E-state index contributed by atoms with van der Waals surface area (Å²) in [6.45, 7) is 4.17. The number of rotatable bonds is 11. The molecule has 10 nitrogen and oxygen atoms in total. The fourth-order valence-corrected chi connectivity index (χ4v) is 2.92. The summed E-state index contributed by atoms with van der Waals surface area (Å²) in [5.41, 5.74) is -0.549. The van der Waals surface area contributed by atoms with Crippen molar-refractivity contribution in [3.05, 3.63) is 63.0 Å². The molecule has 174 valence electrons. The van der Waals surface area contributed by atoms with Gasteiger partial charge in [-0.3, -0.25) is 14.9 Å². The van der Waals surface area contributed by atoms with Crippen LogP contribution in [0.2, 0.25) is 0 Å². The van der Waals surface area contributed by atoms with Crippen molar-refractivity contribution in [2.45, 2.75) is 26.7 Å². The van der Waals surface area contributed by atoms with Crippen molar-refractivity contribution < 1.29 is 28.3 Å². The maximum atomic E-state index is 12.5. The second-order valence-corrected chi connectivity index (χ2v) is 7.06. The highest BCUT2D eigenvalue weighted by Crippen LogP contribution is 2.38. The summed E-state index contributed by atoms with van der Waals surface area (Å²) in [5, 5.41) is 14.8. The van der Waals surface area contributed by atoms with Gasteiger partial charge in [-0.05, 0) is 31.0 Å². The van der Waals surface area contributed by atoms with Gasteiger partial charge in [0, 0.05) is 23.6 Å². The number of nitro groups is 1. The summed E-state index contributed by atoms with van der Waals surface area (Å²) in [5.74, 6) is 0.230. The van der Waals surface area contributed by atoms with Gasteiger partial charge in [0.2, 0.25) is 0 Å². The Morgan fingerprint density at radius 1 is 1.00 bits per heavy atom. The summed E-state index contributed by atoms with van der Waals surface area (Å²) in [6.07, 6.45) is 1.45. The second-order valence-electron chi connectivity index (χ2n) is 7.06. The van der Waals surface area contributed by atoms with Gasteiger partial charge >= 0.3 is 5.63 Å². The van der Waals surface area contributed by atoms with Gasteiger partial charge in [0.15, 0.2) is 18.1 Å². The number of hydrogen-bond donors (Lipinski definition) is 1. The number of nitrogens with one attached hydrogen (secondary N) is 1. The molecule has 0 saturated heterocycles. The standard InChI is InChI=1S/C23H24N2O8/c1-3-9-30-20-12-17(18(25(28)29)13-21(20)31-10-4-2)24-22(26)14-32-16-7-5-15-6-8-23(27)33-19(15)11-16/h5-8,11-13H,3-4,9-10,14H2,1-2H3,(H,24,26). The van der Waals surface area contributed by atoms with Crippen LogP contribution in [0, 0.1) is 10.1 Å². The Morgan fingerprint density at radius 3 is 2.33 bits per heavy atom. The molecule has 0 spiro atoms. The van der Waals surface area contributed by atoms with Crippen molar-refractivity contribution in [1.29, 1.82) is 0 Å². The van der Waals surface area contributed by atoms with Gasteiger partial charge in [-0.15, -0.1) is 0 Å². The molecule has 3 aromatic rings. The van der Waals surface area contributed by atoms with Crippen LogP contribution in [0.15, 0.2) is 51.7 Å². The molecule has 0 atom stereocenters. The Balaban J connectivity index is 1.76. The van der Waals surface area contributed by atoms with E-state index in [1.54, 1.807) is 18.2 Å². The maximum absolute atomic E-state index is 12.5. The molecule has 0 bridgehead atoms. The van der Waals surface area contributed by atoms with Crippen LogP contribution >= 0.6 is 0 Å². The van der Waals surface area contributed by atoms with Crippen molar-refractivity contribution in [3.8, 4) is 17.2 Å². The average molecular weight is 456 g/mol. The van der Waals surface area contributed by atoms with Gasteiger partial charge in [0.25, 0.3) is 11.6 Å². The topological polar surface area (TPSA) is 130 Å². The van der Waals surface area contributed by atoms with E-state index in [0.717, 1.165) is 12.8 Å². The molecule has 10 heteroatoms. The molecule has 1 amide bonds. The number of anilines is 1. The first-order valence-corrected chi connectivity index (χ1v) is 10.5. The van der Waals surface area contributed by atoms with Crippen LogP contribution in [0.4, 0.5) is 11.4 Å². The van der Waals surface area contributed by atoms with Gasteiger partial charge in [0.05, 0.1) is 24.2 Å². The largest absolute Gasteiger partial charge is 0.490 e. The number of nitro benzene ring substituents is 1. The zero-order valence-electron chi connectivity index (χ0n) is 18.3. The first-order valence-electron chi connectivity index (χ1n) is 10.5. The zero-order chi connectivity index (χ0) is 23.8. The van der Waals surface area contributed by atoms with E-state index in [4.69, 9.17) is 18.6 Å². The van der Waals surface area contributed by atoms with Crippen molar-refractivity contribution in [3.63, 3.8) is 0 Å². The number of carbonyl (C=O) groups is 1. The molecular weight excluding hydrogens is 432 g/mol. The van der Waals surface area contributed by atoms with Crippen molar-refractivity contribution in [2.75, 3.05) is 25.1 Å². The second kappa shape index (κ2) is 11.0. The number of carbonyl (C=O) groups excluding carboxylic acids is 1. The molecule has 0 unspecified atom stereocenters. The van der Waals surface area contributed by atoms with Crippen LogP contribution in [0.3, 0.4) is 0 Å². The van der Waals surface area contributed by atoms with Gasteiger partial charge in [-0.25, -0.2) is 4.79 Å². The predicted molar refractivity (Wildman–Crippen MR) is 121 cm³/mol. The fraction of sp³-hybridized carbons (Fsp3) is 0.304. The predicted octanol–water partition coefficient (Wildman–Crippen LogP) is 4.30. The summed E-state index contributed by atoms with van der Waals surface area (Å²) in [4.78, 5) is 34.8. The monoisotopic (exact) mass is 456 g/mol. The van der Waals surface area contributed by atoms with Crippen LogP contribution in [-0.2, 0) is 4.79 Å². The van der Waals surface area contributed by atoms with Gasteiger partial charge in [-0.2, -0.15) is 0 Å². The molecule has 3 rings (SSSR count). The van der Waals surface area contributed by atoms with Crippen molar-refractivity contribution in [1.82, 2.24) is 0 Å². The molecule has 0 saturated carbocycles. The smallest absolute Gasteiger partial charge is 0.336 e. The number of fused-ring (bicyclic) bond motifs is 1. The highest BCUT2D eigenvalue weighted by molar-refractivity contribution is 5.94. The highest BCUT2D eigenvalue weighted by Gasteiger charge is 2.22. The molecule has 2 aromatic carbocycles. The Hall–Kier alpha value is -4.08. The van der Waals surface area contributed by atoms with E-state index in [1.807, 2.05) is 13.8 Å². The van der Waals surface area contributed by atoms with Crippen LogP contribution in [0.25, 0.3) is 11.0 Å². The minimum atomic E-state index is -0.614. The fourth-order valence-electron chi connectivity index (χ4n) is 2.92. The lowest BCUT2D eigenvalue weighted by Crippen LogP contribution is -2.21. The molecule has 0 aliphatic rings. The minimum absolute atomic E-state index is 0.0342. The molecular formula is C23H24N2O8. The SMILES string of the molecule is CCCOc1cc(NC(=O)COc2ccc3ccc(=O)oc3c2)c([N+](=O)[O-])cc1OCCC. The van der Waals surface area contributed by atoms with Crippen LogP contribution in [0.5, 0.6) is 17.2 Å². The molecule has 0 aliphatic heterocycles. The first kappa shape index (κ1) is 23.6. The molecule has 1 heterocycles. The van der Waals surface area contributed by atoms with E-state index in [2.05, 4.69) is 5.32 Å². The number of ether oxygens (including phenoxy) is 3. The summed E-state index contributed by atoms with van der Waals surface area (Å²) in [6, 6.07) is 10.3. The number of hydrogen-bond acceptors (Lipinski definition) is 8. The lowest BCUT2D eigenvalue weighted by molar-refractivity contribution is -0.384. The molecule has 1 aromatic heterocycles. The molecule has 1 N–H and O–H groups in total. The van der Waals surface area contributed by atoms with Crippen LogP contribution in [0.1, 0.15) is 26.7 Å². The summed E-state index contributed by atoms with van der Waals surface area (Å²) >= 11 is 0. The van der Waals surface area contributed by atoms with E-state index >= 15 is 0 Å². The average Bonchev–Trinajstić information content (AvgIpc) is 2.80. The third-order valence-electron chi connectivity index (χ3n) is 4.42. The van der Waals surface area contributed by atoms with E-state index in [0.29, 0.717) is 35.7 Å². The third kappa shape index (κ3) is 6.22. The molecule has 33 heavy (non-hydrogen) atoms. The number of benzene rings is 2. The quantitative estimate of drug-likeness (QED) is 0.257. The summed E-state index contributed by atoms with van der Waals surface area (Å²) < 4.78 is 21.8. The van der Waals surface area contributed by atoms with Gasteiger partial charge in [0.1, 0.15) is 17.0 Å². The van der Waals surface area contributed by atoms with E-state index < -0.39 is 23.1 Å². The lowest BCUT2D eigenvalue weighted by atomic mass is 10.2. The first-order chi connectivity index (χ1) is 15.9. The molecule has 0 fully saturated rings. The Morgan fingerprint density at radius 2 is 1.67 bits per heavy atom. The van der Waals surface area contributed by atoms with Crippen LogP contribution < -0.4 is 25.2 Å². The zero-order valence-corrected chi connectivity index (χ0v) is 18.3. The Kier molecular flexibility index (Phi) is 7.85. The normalized spacial score (nSPS) is 10.6. The van der Waals surface area contributed by atoms with Crippen LogP contribution in [-0.4, -0.2) is 30.7 Å². The third-order valence-corrected chi connectivity index (χ3v) is 4.42.